The Hall–Kier alpha value is -2.37. The van der Waals surface area contributed by atoms with E-state index in [9.17, 15) is 9.35 Å². The second-order valence-corrected chi connectivity index (χ2v) is 7.19. The van der Waals surface area contributed by atoms with Gasteiger partial charge < -0.3 is 9.35 Å². The molecule has 0 amide bonds. The second-order valence-electron chi connectivity index (χ2n) is 5.81. The summed E-state index contributed by atoms with van der Waals surface area (Å²) in [6, 6.07) is 19.8. The van der Waals surface area contributed by atoms with Crippen LogP contribution < -0.4 is 0 Å². The first-order chi connectivity index (χ1) is 12.2. The molecular weight excluding hydrogens is 332 g/mol. The van der Waals surface area contributed by atoms with E-state index in [0.29, 0.717) is 6.42 Å². The van der Waals surface area contributed by atoms with E-state index in [1.807, 2.05) is 59.3 Å². The van der Waals surface area contributed by atoms with Gasteiger partial charge in [0.2, 0.25) is 0 Å². The largest absolute Gasteiger partial charge is 0.612 e. The zero-order chi connectivity index (χ0) is 17.6. The zero-order valence-corrected chi connectivity index (χ0v) is 14.9. The van der Waals surface area contributed by atoms with Crippen LogP contribution in [0, 0.1) is 0 Å². The minimum Gasteiger partial charge on any atom is -0.612 e. The number of carbonyl (C=O) groups excluding carboxylic acids is 1. The summed E-state index contributed by atoms with van der Waals surface area (Å²) >= 11 is -0.991. The first kappa shape index (κ1) is 17.5. The maximum Gasteiger partial charge on any atom is 0.152 e. The van der Waals surface area contributed by atoms with Gasteiger partial charge in [0.1, 0.15) is 12.5 Å². The average Bonchev–Trinajstić information content (AvgIpc) is 3.07. The van der Waals surface area contributed by atoms with Crippen LogP contribution in [0.25, 0.3) is 16.9 Å². The summed E-state index contributed by atoms with van der Waals surface area (Å²) in [5, 5.41) is 4.73. The Balaban J connectivity index is 1.99. The van der Waals surface area contributed by atoms with Crippen molar-refractivity contribution in [3.63, 3.8) is 0 Å². The maximum absolute atomic E-state index is 11.6. The number of rotatable bonds is 7. The third kappa shape index (κ3) is 4.18. The number of carbonyl (C=O) groups is 1. The predicted octanol–water partition coefficient (Wildman–Crippen LogP) is 3.80. The van der Waals surface area contributed by atoms with Crippen molar-refractivity contribution in [2.75, 3.05) is 6.26 Å². The molecule has 2 aromatic carbocycles. The van der Waals surface area contributed by atoms with E-state index in [4.69, 9.17) is 5.10 Å². The van der Waals surface area contributed by atoms with E-state index in [1.54, 1.807) is 6.26 Å². The minimum atomic E-state index is -0.991. The molecule has 128 valence electrons. The molecule has 0 saturated heterocycles. The Bertz CT molecular complexity index is 827. The number of nitrogens with zero attached hydrogens (tertiary/aromatic N) is 2. The normalized spacial score (nSPS) is 12.1. The summed E-state index contributed by atoms with van der Waals surface area (Å²) in [6.45, 7) is 0. The summed E-state index contributed by atoms with van der Waals surface area (Å²) in [4.78, 5) is 11.4. The lowest BCUT2D eigenvalue weighted by atomic mass is 10.1. The van der Waals surface area contributed by atoms with Crippen LogP contribution >= 0.6 is 0 Å². The highest BCUT2D eigenvalue weighted by Gasteiger charge is 2.13. The number of aromatic nitrogens is 2. The van der Waals surface area contributed by atoms with Crippen molar-refractivity contribution < 1.29 is 9.35 Å². The van der Waals surface area contributed by atoms with E-state index in [1.165, 1.54) is 0 Å². The zero-order valence-electron chi connectivity index (χ0n) is 14.1. The highest BCUT2D eigenvalue weighted by molar-refractivity contribution is 7.90. The Morgan fingerprint density at radius 1 is 1.12 bits per heavy atom. The monoisotopic (exact) mass is 352 g/mol. The van der Waals surface area contributed by atoms with Crippen LogP contribution in [-0.4, -0.2) is 26.9 Å². The number of para-hydroxylation sites is 1. The molecule has 5 heteroatoms. The van der Waals surface area contributed by atoms with Gasteiger partial charge in [0.15, 0.2) is 4.90 Å². The second kappa shape index (κ2) is 8.14. The molecule has 0 N–H and O–H groups in total. The molecule has 1 heterocycles. The molecular formula is C20H20N2O2S. The Morgan fingerprint density at radius 3 is 2.48 bits per heavy atom. The van der Waals surface area contributed by atoms with Crippen LogP contribution in [0.15, 0.2) is 65.6 Å². The number of unbranched alkanes of at least 4 members (excludes halogenated alkanes) is 1. The number of aldehydes is 1. The first-order valence-electron chi connectivity index (χ1n) is 8.21. The van der Waals surface area contributed by atoms with Gasteiger partial charge in [0.05, 0.1) is 17.1 Å². The van der Waals surface area contributed by atoms with Gasteiger partial charge in [-0.05, 0) is 66.5 Å². The van der Waals surface area contributed by atoms with Gasteiger partial charge in [0, 0.05) is 12.0 Å². The number of hydrogen-bond acceptors (Lipinski definition) is 3. The van der Waals surface area contributed by atoms with Gasteiger partial charge in [-0.1, -0.05) is 18.2 Å². The summed E-state index contributed by atoms with van der Waals surface area (Å²) in [7, 11) is 0. The standard InChI is InChI=1S/C20H20N2O2S/c1-25(24)19-12-10-16(11-13-19)20-15-17(7-5-6-14-23)21-22(20)18-8-3-2-4-9-18/h2-4,8-15H,5-7H2,1H3. The molecule has 3 aromatic rings. The van der Waals surface area contributed by atoms with E-state index < -0.39 is 11.2 Å². The highest BCUT2D eigenvalue weighted by Crippen LogP contribution is 2.26. The van der Waals surface area contributed by atoms with Crippen LogP contribution in [0.4, 0.5) is 0 Å². The number of hydrogen-bond donors (Lipinski definition) is 0. The highest BCUT2D eigenvalue weighted by atomic mass is 32.2. The quantitative estimate of drug-likeness (QED) is 0.369. The Labute approximate surface area is 150 Å². The smallest absolute Gasteiger partial charge is 0.152 e. The molecule has 1 aromatic heterocycles. The van der Waals surface area contributed by atoms with Gasteiger partial charge in [0.25, 0.3) is 0 Å². The van der Waals surface area contributed by atoms with Crippen molar-refractivity contribution in [3.05, 3.63) is 66.4 Å². The molecule has 1 atom stereocenters. The summed E-state index contributed by atoms with van der Waals surface area (Å²) in [6.07, 6.45) is 4.72. The molecule has 25 heavy (non-hydrogen) atoms. The van der Waals surface area contributed by atoms with Crippen molar-refractivity contribution in [2.45, 2.75) is 24.2 Å². The topological polar surface area (TPSA) is 57.9 Å². The molecule has 0 fully saturated rings. The first-order valence-corrected chi connectivity index (χ1v) is 9.76. The third-order valence-electron chi connectivity index (χ3n) is 4.00. The predicted molar refractivity (Wildman–Crippen MR) is 100 cm³/mol. The number of aryl methyl sites for hydroxylation is 1. The molecule has 0 radical (unpaired) electrons. The van der Waals surface area contributed by atoms with Crippen molar-refractivity contribution >= 4 is 17.5 Å². The van der Waals surface area contributed by atoms with Crippen molar-refractivity contribution in [1.82, 2.24) is 9.78 Å². The third-order valence-corrected chi connectivity index (χ3v) is 4.93. The fourth-order valence-electron chi connectivity index (χ4n) is 2.71. The Morgan fingerprint density at radius 2 is 1.84 bits per heavy atom. The van der Waals surface area contributed by atoms with Crippen molar-refractivity contribution in [1.29, 1.82) is 0 Å². The van der Waals surface area contributed by atoms with Gasteiger partial charge in [-0.25, -0.2) is 4.68 Å². The Kier molecular flexibility index (Phi) is 5.68. The van der Waals surface area contributed by atoms with E-state index >= 15 is 0 Å². The van der Waals surface area contributed by atoms with Gasteiger partial charge >= 0.3 is 0 Å². The van der Waals surface area contributed by atoms with Crippen molar-refractivity contribution in [2.24, 2.45) is 0 Å². The van der Waals surface area contributed by atoms with E-state index in [0.717, 1.165) is 46.7 Å². The van der Waals surface area contributed by atoms with Crippen LogP contribution in [0.5, 0.6) is 0 Å². The molecule has 0 aliphatic carbocycles. The van der Waals surface area contributed by atoms with E-state index in [2.05, 4.69) is 6.07 Å². The minimum absolute atomic E-state index is 0.546. The molecule has 0 aliphatic heterocycles. The molecule has 0 bridgehead atoms. The number of benzene rings is 2. The average molecular weight is 352 g/mol. The molecule has 4 nitrogen and oxygen atoms in total. The maximum atomic E-state index is 11.6. The van der Waals surface area contributed by atoms with Gasteiger partial charge in [-0.3, -0.25) is 0 Å². The van der Waals surface area contributed by atoms with Crippen LogP contribution in [-0.2, 0) is 22.4 Å². The molecule has 0 aliphatic rings. The molecule has 0 spiro atoms. The lowest BCUT2D eigenvalue weighted by Crippen LogP contribution is -2.00. The SMILES string of the molecule is C[S+]([O-])c1ccc(-c2cc(CCCC=O)nn2-c2ccccc2)cc1. The fourth-order valence-corrected chi connectivity index (χ4v) is 3.23. The lowest BCUT2D eigenvalue weighted by Gasteiger charge is -2.08. The fraction of sp³-hybridized carbons (Fsp3) is 0.200. The van der Waals surface area contributed by atoms with Gasteiger partial charge in [-0.2, -0.15) is 5.10 Å². The summed E-state index contributed by atoms with van der Waals surface area (Å²) in [5.41, 5.74) is 3.96. The lowest BCUT2D eigenvalue weighted by molar-refractivity contribution is -0.107. The van der Waals surface area contributed by atoms with E-state index in [-0.39, 0.29) is 0 Å². The summed E-state index contributed by atoms with van der Waals surface area (Å²) in [5.74, 6) is 0. The molecule has 0 saturated carbocycles. The van der Waals surface area contributed by atoms with Crippen LogP contribution in [0.3, 0.4) is 0 Å². The molecule has 1 unspecified atom stereocenters. The van der Waals surface area contributed by atoms with Crippen molar-refractivity contribution in [3.8, 4) is 16.9 Å². The molecule has 3 rings (SSSR count). The van der Waals surface area contributed by atoms with Crippen LogP contribution in [0.1, 0.15) is 18.5 Å². The van der Waals surface area contributed by atoms with Gasteiger partial charge in [-0.15, -0.1) is 0 Å². The van der Waals surface area contributed by atoms with Crippen LogP contribution in [0.2, 0.25) is 0 Å². The summed E-state index contributed by atoms with van der Waals surface area (Å²) < 4.78 is 13.5.